The van der Waals surface area contributed by atoms with Crippen LogP contribution in [-0.4, -0.2) is 41.1 Å². The fourth-order valence-corrected chi connectivity index (χ4v) is 2.45. The van der Waals surface area contributed by atoms with Crippen molar-refractivity contribution in [2.75, 3.05) is 13.1 Å². The first-order valence-corrected chi connectivity index (χ1v) is 8.41. The van der Waals surface area contributed by atoms with Crippen LogP contribution >= 0.6 is 0 Å². The van der Waals surface area contributed by atoms with Crippen molar-refractivity contribution in [1.82, 2.24) is 10.2 Å². The van der Waals surface area contributed by atoms with Gasteiger partial charge in [0.25, 0.3) is 0 Å². The van der Waals surface area contributed by atoms with Gasteiger partial charge in [0.15, 0.2) is 0 Å². The van der Waals surface area contributed by atoms with Gasteiger partial charge in [-0.05, 0) is 19.3 Å². The van der Waals surface area contributed by atoms with Gasteiger partial charge in [-0.3, -0.25) is 4.79 Å². The lowest BCUT2D eigenvalue weighted by atomic mass is 10.1. The highest BCUT2D eigenvalue weighted by Gasteiger charge is 2.33. The van der Waals surface area contributed by atoms with Crippen molar-refractivity contribution in [1.29, 1.82) is 0 Å². The molecule has 1 fully saturated rings. The van der Waals surface area contributed by atoms with Gasteiger partial charge in [0.1, 0.15) is 6.54 Å². The molecule has 1 rings (SSSR count). The minimum atomic E-state index is -0.941. The number of rotatable bonds is 12. The van der Waals surface area contributed by atoms with E-state index in [1.807, 2.05) is 0 Å². The minimum absolute atomic E-state index is 0.139. The third-order valence-corrected chi connectivity index (χ3v) is 3.86. The van der Waals surface area contributed by atoms with Crippen molar-refractivity contribution in [3.05, 3.63) is 0 Å². The van der Waals surface area contributed by atoms with Crippen molar-refractivity contribution in [3.8, 4) is 0 Å². The molecule has 0 saturated heterocycles. The van der Waals surface area contributed by atoms with E-state index in [0.717, 1.165) is 25.7 Å². The molecule has 0 aromatic carbocycles. The van der Waals surface area contributed by atoms with Crippen LogP contribution in [0.15, 0.2) is 0 Å². The second kappa shape index (κ2) is 10.5. The lowest BCUT2D eigenvalue weighted by Gasteiger charge is -2.20. The normalized spacial score (nSPS) is 14.0. The zero-order valence-electron chi connectivity index (χ0n) is 13.3. The highest BCUT2D eigenvalue weighted by Crippen LogP contribution is 2.26. The molecule has 0 aliphatic heterocycles. The van der Waals surface area contributed by atoms with Gasteiger partial charge in [0, 0.05) is 12.6 Å². The summed E-state index contributed by atoms with van der Waals surface area (Å²) in [4.78, 5) is 24.1. The average Bonchev–Trinajstić information content (AvgIpc) is 3.27. The van der Waals surface area contributed by atoms with Gasteiger partial charge in [-0.1, -0.05) is 51.9 Å². The van der Waals surface area contributed by atoms with Crippen LogP contribution in [0.1, 0.15) is 71.1 Å². The van der Waals surface area contributed by atoms with E-state index in [2.05, 4.69) is 12.2 Å². The summed E-state index contributed by atoms with van der Waals surface area (Å²) < 4.78 is 0. The first-order chi connectivity index (χ1) is 10.1. The first-order valence-electron chi connectivity index (χ1n) is 8.41. The highest BCUT2D eigenvalue weighted by molar-refractivity contribution is 5.80. The van der Waals surface area contributed by atoms with E-state index in [1.165, 1.54) is 43.4 Å². The van der Waals surface area contributed by atoms with Crippen molar-refractivity contribution in [3.63, 3.8) is 0 Å². The fraction of sp³-hybridized carbons (Fsp3) is 0.875. The van der Waals surface area contributed by atoms with Gasteiger partial charge in [0.2, 0.25) is 0 Å². The Morgan fingerprint density at radius 1 is 1.05 bits per heavy atom. The van der Waals surface area contributed by atoms with E-state index in [-0.39, 0.29) is 18.6 Å². The Hall–Kier alpha value is -1.26. The van der Waals surface area contributed by atoms with Gasteiger partial charge in [0.05, 0.1) is 0 Å². The summed E-state index contributed by atoms with van der Waals surface area (Å²) in [6.07, 6.45) is 11.7. The molecular weight excluding hydrogens is 268 g/mol. The molecule has 0 radical (unpaired) electrons. The first kappa shape index (κ1) is 17.8. The molecule has 2 N–H and O–H groups in total. The van der Waals surface area contributed by atoms with Crippen molar-refractivity contribution >= 4 is 12.0 Å². The van der Waals surface area contributed by atoms with Crippen molar-refractivity contribution in [2.45, 2.75) is 77.2 Å². The quantitative estimate of drug-likeness (QED) is 0.543. The summed E-state index contributed by atoms with van der Waals surface area (Å²) in [7, 11) is 0. The predicted octanol–water partition coefficient (Wildman–Crippen LogP) is 3.39. The molecule has 1 aliphatic carbocycles. The number of carbonyl (C=O) groups excluding carboxylic acids is 1. The molecule has 0 unspecified atom stereocenters. The molecule has 0 aromatic rings. The molecule has 0 bridgehead atoms. The largest absolute Gasteiger partial charge is 0.480 e. The Bertz CT molecular complexity index is 317. The number of amides is 2. The summed E-state index contributed by atoms with van der Waals surface area (Å²) >= 11 is 0. The van der Waals surface area contributed by atoms with Gasteiger partial charge >= 0.3 is 12.0 Å². The molecule has 5 nitrogen and oxygen atoms in total. The number of aliphatic carboxylic acids is 1. The van der Waals surface area contributed by atoms with Gasteiger partial charge in [-0.2, -0.15) is 0 Å². The van der Waals surface area contributed by atoms with Crippen molar-refractivity contribution in [2.24, 2.45) is 0 Å². The van der Waals surface area contributed by atoms with E-state index in [4.69, 9.17) is 5.11 Å². The maximum Gasteiger partial charge on any atom is 0.323 e. The van der Waals surface area contributed by atoms with E-state index < -0.39 is 5.97 Å². The maximum absolute atomic E-state index is 11.9. The van der Waals surface area contributed by atoms with E-state index in [1.54, 1.807) is 0 Å². The standard InChI is InChI=1S/C16H30N2O3/c1-2-3-4-5-6-7-8-9-12-17-16(21)18(13-15(19)20)14-10-11-14/h14H,2-13H2,1H3,(H,17,21)(H,19,20). The molecular formula is C16H30N2O3. The Morgan fingerprint density at radius 3 is 2.14 bits per heavy atom. The molecule has 21 heavy (non-hydrogen) atoms. The van der Waals surface area contributed by atoms with Gasteiger partial charge in [-0.15, -0.1) is 0 Å². The number of urea groups is 1. The van der Waals surface area contributed by atoms with Crippen LogP contribution in [0, 0.1) is 0 Å². The summed E-state index contributed by atoms with van der Waals surface area (Å²) in [6, 6.07) is -0.0810. The number of carboxylic acid groups (broad SMARTS) is 1. The number of carbonyl (C=O) groups is 2. The van der Waals surface area contributed by atoms with E-state index >= 15 is 0 Å². The van der Waals surface area contributed by atoms with Crippen LogP contribution in [0.3, 0.4) is 0 Å². The zero-order valence-corrected chi connectivity index (χ0v) is 13.3. The summed E-state index contributed by atoms with van der Waals surface area (Å²) in [5.74, 6) is -0.941. The Labute approximate surface area is 128 Å². The SMILES string of the molecule is CCCCCCCCCCNC(=O)N(CC(=O)O)C1CC1. The average molecular weight is 298 g/mol. The second-order valence-electron chi connectivity index (χ2n) is 5.96. The van der Waals surface area contributed by atoms with Crippen LogP contribution in [0.5, 0.6) is 0 Å². The van der Waals surface area contributed by atoms with Gasteiger partial charge < -0.3 is 15.3 Å². The second-order valence-corrected chi connectivity index (χ2v) is 5.96. The van der Waals surface area contributed by atoms with Crippen LogP contribution in [0.25, 0.3) is 0 Å². The Morgan fingerprint density at radius 2 is 1.62 bits per heavy atom. The Balaban J connectivity index is 2.00. The monoisotopic (exact) mass is 298 g/mol. The lowest BCUT2D eigenvalue weighted by molar-refractivity contribution is -0.137. The van der Waals surface area contributed by atoms with E-state index in [9.17, 15) is 9.59 Å². The number of carboxylic acids is 1. The Kier molecular flexibility index (Phi) is 8.87. The number of nitrogens with one attached hydrogen (secondary N) is 1. The van der Waals surface area contributed by atoms with Gasteiger partial charge in [-0.25, -0.2) is 4.79 Å². The summed E-state index contributed by atoms with van der Waals surface area (Å²) in [5, 5.41) is 11.7. The number of hydrogen-bond acceptors (Lipinski definition) is 2. The predicted molar refractivity (Wildman–Crippen MR) is 83.4 cm³/mol. The molecule has 1 aliphatic rings. The summed E-state index contributed by atoms with van der Waals surface area (Å²) in [5.41, 5.74) is 0. The molecule has 122 valence electrons. The highest BCUT2D eigenvalue weighted by atomic mass is 16.4. The molecule has 0 atom stereocenters. The van der Waals surface area contributed by atoms with Crippen molar-refractivity contribution < 1.29 is 14.7 Å². The van der Waals surface area contributed by atoms with Crippen LogP contribution in [-0.2, 0) is 4.79 Å². The minimum Gasteiger partial charge on any atom is -0.480 e. The third kappa shape index (κ3) is 8.58. The van der Waals surface area contributed by atoms with Crippen LogP contribution < -0.4 is 5.32 Å². The number of nitrogens with zero attached hydrogens (tertiary/aromatic N) is 1. The molecule has 2 amide bonds. The van der Waals surface area contributed by atoms with Crippen LogP contribution in [0.4, 0.5) is 4.79 Å². The maximum atomic E-state index is 11.9. The molecule has 1 saturated carbocycles. The zero-order chi connectivity index (χ0) is 15.5. The molecule has 5 heteroatoms. The number of unbranched alkanes of at least 4 members (excludes halogenated alkanes) is 7. The molecule has 0 aromatic heterocycles. The fourth-order valence-electron chi connectivity index (χ4n) is 2.45. The lowest BCUT2D eigenvalue weighted by Crippen LogP contribution is -2.44. The topological polar surface area (TPSA) is 69.6 Å². The van der Waals surface area contributed by atoms with Crippen LogP contribution in [0.2, 0.25) is 0 Å². The smallest absolute Gasteiger partial charge is 0.323 e. The van der Waals surface area contributed by atoms with E-state index in [0.29, 0.717) is 6.54 Å². The number of hydrogen-bond donors (Lipinski definition) is 2. The molecule has 0 spiro atoms. The summed E-state index contributed by atoms with van der Waals surface area (Å²) in [6.45, 7) is 2.68. The third-order valence-electron chi connectivity index (χ3n) is 3.86. The molecule has 0 heterocycles.